The monoisotopic (exact) mass is 385 g/mol. The minimum Gasteiger partial charge on any atom is -0.264 e. The molecule has 3 nitrogen and oxygen atoms in total. The van der Waals surface area contributed by atoms with Gasteiger partial charge in [0.25, 0.3) is 0 Å². The Morgan fingerprint density at radius 3 is 2.68 bits per heavy atom. The van der Waals surface area contributed by atoms with Gasteiger partial charge in [-0.3, -0.25) is 4.98 Å². The predicted molar refractivity (Wildman–Crippen MR) is 84.2 cm³/mol. The van der Waals surface area contributed by atoms with E-state index in [4.69, 9.17) is 16.6 Å². The largest absolute Gasteiger partial charge is 0.264 e. The molecule has 0 N–H and O–H groups in total. The fourth-order valence-electron chi connectivity index (χ4n) is 2.53. The van der Waals surface area contributed by atoms with Gasteiger partial charge in [-0.15, -0.1) is 0 Å². The molecule has 0 atom stereocenters. The first-order valence-corrected chi connectivity index (χ1v) is 7.84. The lowest BCUT2D eigenvalue weighted by atomic mass is 10.0. The first-order chi connectivity index (χ1) is 9.25. The van der Waals surface area contributed by atoms with Crippen molar-refractivity contribution < 1.29 is 0 Å². The highest BCUT2D eigenvalue weighted by Crippen LogP contribution is 2.37. The molecule has 1 fully saturated rings. The molecule has 0 aromatic carbocycles. The second-order valence-electron chi connectivity index (χ2n) is 4.76. The molecule has 2 aromatic heterocycles. The van der Waals surface area contributed by atoms with E-state index in [9.17, 15) is 0 Å². The lowest BCUT2D eigenvalue weighted by molar-refractivity contribution is 0.690. The smallest absolute Gasteiger partial charge is 0.162 e. The molecule has 0 unspecified atom stereocenters. The number of nitrogens with zero attached hydrogens (tertiary/aromatic N) is 3. The zero-order valence-corrected chi connectivity index (χ0v) is 13.2. The summed E-state index contributed by atoms with van der Waals surface area (Å²) in [6.07, 6.45) is 8.49. The molecule has 98 valence electrons. The van der Waals surface area contributed by atoms with Crippen molar-refractivity contribution in [2.75, 3.05) is 0 Å². The first kappa shape index (κ1) is 13.2. The summed E-state index contributed by atoms with van der Waals surface area (Å²) >= 11 is 8.53. The summed E-state index contributed by atoms with van der Waals surface area (Å²) in [4.78, 5) is 13.2. The van der Waals surface area contributed by atoms with Gasteiger partial charge in [0.05, 0.1) is 9.26 Å². The van der Waals surface area contributed by atoms with Gasteiger partial charge in [0.15, 0.2) is 5.82 Å². The second kappa shape index (κ2) is 5.71. The minimum atomic E-state index is 0.530. The molecular formula is C14H13ClIN3. The highest BCUT2D eigenvalue weighted by atomic mass is 127. The average molecular weight is 386 g/mol. The topological polar surface area (TPSA) is 38.7 Å². The van der Waals surface area contributed by atoms with Crippen molar-refractivity contribution in [2.45, 2.75) is 31.6 Å². The van der Waals surface area contributed by atoms with Crippen molar-refractivity contribution in [3.05, 3.63) is 38.9 Å². The minimum absolute atomic E-state index is 0.530. The van der Waals surface area contributed by atoms with Gasteiger partial charge < -0.3 is 0 Å². The fraction of sp³-hybridized carbons (Fsp3) is 0.357. The molecule has 0 radical (unpaired) electrons. The van der Waals surface area contributed by atoms with E-state index in [2.05, 4.69) is 32.6 Å². The first-order valence-electron chi connectivity index (χ1n) is 6.39. The maximum Gasteiger partial charge on any atom is 0.162 e. The van der Waals surface area contributed by atoms with Crippen LogP contribution in [-0.4, -0.2) is 15.0 Å². The van der Waals surface area contributed by atoms with Crippen LogP contribution in [0.15, 0.2) is 24.5 Å². The Morgan fingerprint density at radius 1 is 1.21 bits per heavy atom. The van der Waals surface area contributed by atoms with Crippen molar-refractivity contribution in [1.29, 1.82) is 0 Å². The van der Waals surface area contributed by atoms with E-state index in [-0.39, 0.29) is 0 Å². The summed E-state index contributed by atoms with van der Waals surface area (Å²) in [7, 11) is 0. The molecule has 0 saturated heterocycles. The third-order valence-corrected chi connectivity index (χ3v) is 5.15. The summed E-state index contributed by atoms with van der Waals surface area (Å²) in [5, 5.41) is 0.552. The van der Waals surface area contributed by atoms with Crippen LogP contribution in [0.25, 0.3) is 11.4 Å². The average Bonchev–Trinajstić information content (AvgIpc) is 2.96. The Balaban J connectivity index is 2.07. The Labute approximate surface area is 131 Å². The van der Waals surface area contributed by atoms with Crippen LogP contribution in [-0.2, 0) is 0 Å². The van der Waals surface area contributed by atoms with Gasteiger partial charge in [-0.2, -0.15) is 0 Å². The zero-order valence-electron chi connectivity index (χ0n) is 10.3. The van der Waals surface area contributed by atoms with E-state index in [1.54, 1.807) is 12.4 Å². The summed E-state index contributed by atoms with van der Waals surface area (Å²) in [5.41, 5.74) is 2.03. The molecule has 0 spiro atoms. The lowest BCUT2D eigenvalue weighted by Crippen LogP contribution is -2.04. The Morgan fingerprint density at radius 2 is 2.00 bits per heavy atom. The normalized spacial score (nSPS) is 15.9. The van der Waals surface area contributed by atoms with Gasteiger partial charge in [-0.05, 0) is 47.6 Å². The van der Waals surface area contributed by atoms with Crippen LogP contribution >= 0.6 is 34.2 Å². The van der Waals surface area contributed by atoms with Crippen LogP contribution in [0, 0.1) is 3.57 Å². The Bertz CT molecular complexity index is 583. The molecule has 0 amide bonds. The van der Waals surface area contributed by atoms with Gasteiger partial charge >= 0.3 is 0 Å². The predicted octanol–water partition coefficient (Wildman–Crippen LogP) is 4.45. The molecule has 5 heteroatoms. The summed E-state index contributed by atoms with van der Waals surface area (Å²) < 4.78 is 0.999. The van der Waals surface area contributed by atoms with E-state index < -0.39 is 0 Å². The summed E-state index contributed by atoms with van der Waals surface area (Å²) in [5.74, 6) is 1.21. The molecule has 0 bridgehead atoms. The van der Waals surface area contributed by atoms with E-state index in [1.807, 2.05) is 12.1 Å². The van der Waals surface area contributed by atoms with Crippen molar-refractivity contribution in [3.8, 4) is 11.4 Å². The third kappa shape index (κ3) is 2.74. The third-order valence-electron chi connectivity index (χ3n) is 3.50. The number of rotatable bonds is 2. The van der Waals surface area contributed by atoms with Crippen molar-refractivity contribution in [2.24, 2.45) is 0 Å². The molecule has 1 aliphatic rings. The van der Waals surface area contributed by atoms with Crippen LogP contribution in [0.1, 0.15) is 37.3 Å². The van der Waals surface area contributed by atoms with E-state index in [0.29, 0.717) is 16.9 Å². The fourth-order valence-corrected chi connectivity index (χ4v) is 3.39. The maximum absolute atomic E-state index is 6.27. The molecule has 1 aliphatic carbocycles. The number of hydrogen-bond donors (Lipinski definition) is 0. The molecule has 0 aliphatic heterocycles. The van der Waals surface area contributed by atoms with Crippen LogP contribution in [0.4, 0.5) is 0 Å². The van der Waals surface area contributed by atoms with Crippen molar-refractivity contribution in [3.63, 3.8) is 0 Å². The molecule has 1 saturated carbocycles. The number of pyridine rings is 1. The van der Waals surface area contributed by atoms with Crippen molar-refractivity contribution in [1.82, 2.24) is 15.0 Å². The Kier molecular flexibility index (Phi) is 3.98. The van der Waals surface area contributed by atoms with E-state index in [1.165, 1.54) is 25.7 Å². The van der Waals surface area contributed by atoms with Gasteiger partial charge in [0, 0.05) is 23.9 Å². The molecule has 2 aromatic rings. The highest BCUT2D eigenvalue weighted by molar-refractivity contribution is 14.1. The number of aromatic nitrogens is 3. The van der Waals surface area contributed by atoms with E-state index >= 15 is 0 Å². The number of hydrogen-bond acceptors (Lipinski definition) is 3. The van der Waals surface area contributed by atoms with Gasteiger partial charge in [-0.25, -0.2) is 9.97 Å². The van der Waals surface area contributed by atoms with Crippen LogP contribution in [0.2, 0.25) is 5.15 Å². The lowest BCUT2D eigenvalue weighted by Gasteiger charge is -2.13. The van der Waals surface area contributed by atoms with E-state index in [0.717, 1.165) is 14.8 Å². The van der Waals surface area contributed by atoms with Crippen LogP contribution < -0.4 is 0 Å². The van der Waals surface area contributed by atoms with Gasteiger partial charge in [-0.1, -0.05) is 24.4 Å². The maximum atomic E-state index is 6.27. The zero-order chi connectivity index (χ0) is 13.2. The van der Waals surface area contributed by atoms with Crippen LogP contribution in [0.5, 0.6) is 0 Å². The van der Waals surface area contributed by atoms with Gasteiger partial charge in [0.2, 0.25) is 0 Å². The van der Waals surface area contributed by atoms with Gasteiger partial charge in [0.1, 0.15) is 5.15 Å². The summed E-state index contributed by atoms with van der Waals surface area (Å²) in [6.45, 7) is 0. The molecule has 3 rings (SSSR count). The SMILES string of the molecule is Clc1nc(-c2cccnc2)nc(C2CCCC2)c1I. The molecular weight excluding hydrogens is 373 g/mol. The number of halogens is 2. The highest BCUT2D eigenvalue weighted by Gasteiger charge is 2.23. The van der Waals surface area contributed by atoms with Crippen LogP contribution in [0.3, 0.4) is 0 Å². The van der Waals surface area contributed by atoms with Crippen molar-refractivity contribution >= 4 is 34.2 Å². The Hall–Kier alpha value is -0.750. The molecule has 2 heterocycles. The second-order valence-corrected chi connectivity index (χ2v) is 6.20. The standard InChI is InChI=1S/C14H13ClIN3/c15-13-11(16)12(9-4-1-2-5-9)18-14(19-13)10-6-3-7-17-8-10/h3,6-9H,1-2,4-5H2. The quantitative estimate of drug-likeness (QED) is 0.566. The summed E-state index contributed by atoms with van der Waals surface area (Å²) in [6, 6.07) is 3.85. The molecule has 19 heavy (non-hydrogen) atoms.